The molecular weight excluding hydrogens is 276 g/mol. The number of amides is 1. The summed E-state index contributed by atoms with van der Waals surface area (Å²) in [5.74, 6) is -1.27. The molecule has 116 valence electrons. The summed E-state index contributed by atoms with van der Waals surface area (Å²) in [7, 11) is 3.59. The lowest BCUT2D eigenvalue weighted by Crippen LogP contribution is -2.39. The number of carbonyl (C=O) groups is 1. The predicted molar refractivity (Wildman–Crippen MR) is 76.7 cm³/mol. The van der Waals surface area contributed by atoms with E-state index in [4.69, 9.17) is 0 Å². The van der Waals surface area contributed by atoms with Gasteiger partial charge in [-0.2, -0.15) is 0 Å². The van der Waals surface area contributed by atoms with Crippen LogP contribution in [0.15, 0.2) is 18.2 Å². The van der Waals surface area contributed by atoms with Crippen molar-refractivity contribution in [1.29, 1.82) is 0 Å². The molecule has 1 atom stereocenters. The van der Waals surface area contributed by atoms with Crippen LogP contribution < -0.4 is 5.32 Å². The zero-order valence-corrected chi connectivity index (χ0v) is 12.4. The van der Waals surface area contributed by atoms with E-state index in [1.165, 1.54) is 12.1 Å². The summed E-state index contributed by atoms with van der Waals surface area (Å²) < 4.78 is 26.7. The lowest BCUT2D eigenvalue weighted by molar-refractivity contribution is -0.125. The van der Waals surface area contributed by atoms with Gasteiger partial charge in [0.1, 0.15) is 11.6 Å². The molecule has 1 aromatic carbocycles. The minimum Gasteiger partial charge on any atom is -0.359 e. The first-order valence-electron chi connectivity index (χ1n) is 7.06. The summed E-state index contributed by atoms with van der Waals surface area (Å²) >= 11 is 0. The fourth-order valence-electron chi connectivity index (χ4n) is 2.64. The van der Waals surface area contributed by atoms with Gasteiger partial charge in [0.05, 0.1) is 5.92 Å². The van der Waals surface area contributed by atoms with Crippen molar-refractivity contribution < 1.29 is 13.6 Å². The number of halogens is 2. The average Bonchev–Trinajstić information content (AvgIpc) is 2.63. The number of benzene rings is 1. The Labute approximate surface area is 123 Å². The molecule has 6 heteroatoms. The number of hydrogen-bond donors (Lipinski definition) is 1. The second-order valence-corrected chi connectivity index (χ2v) is 5.54. The predicted octanol–water partition coefficient (Wildman–Crippen LogP) is 1.07. The third-order valence-electron chi connectivity index (χ3n) is 3.83. The Bertz CT molecular complexity index is 510. The van der Waals surface area contributed by atoms with Crippen LogP contribution in [0.25, 0.3) is 0 Å². The molecule has 1 aliphatic heterocycles. The second-order valence-electron chi connectivity index (χ2n) is 5.54. The van der Waals surface area contributed by atoms with Crippen molar-refractivity contribution in [3.8, 4) is 0 Å². The summed E-state index contributed by atoms with van der Waals surface area (Å²) in [5.41, 5.74) is 0.455. The van der Waals surface area contributed by atoms with Gasteiger partial charge < -0.3 is 10.2 Å². The van der Waals surface area contributed by atoms with Crippen LogP contribution in [0.4, 0.5) is 8.78 Å². The molecule has 0 unspecified atom stereocenters. The molecule has 0 bridgehead atoms. The second kappa shape index (κ2) is 6.95. The van der Waals surface area contributed by atoms with E-state index in [1.807, 2.05) is 11.9 Å². The Balaban J connectivity index is 2.09. The van der Waals surface area contributed by atoms with Crippen molar-refractivity contribution >= 4 is 5.91 Å². The summed E-state index contributed by atoms with van der Waals surface area (Å²) in [6.45, 7) is 3.20. The number of carbonyl (C=O) groups excluding carboxylic acids is 1. The number of likely N-dealkylation sites (N-methyl/N-ethyl adjacent to an activating group) is 1. The van der Waals surface area contributed by atoms with Gasteiger partial charge in [0.25, 0.3) is 0 Å². The van der Waals surface area contributed by atoms with Gasteiger partial charge in [-0.05, 0) is 13.1 Å². The first kappa shape index (κ1) is 15.9. The normalized spacial score (nSPS) is 21.0. The highest BCUT2D eigenvalue weighted by atomic mass is 19.1. The van der Waals surface area contributed by atoms with E-state index in [9.17, 15) is 13.6 Å². The molecule has 21 heavy (non-hydrogen) atoms. The fourth-order valence-corrected chi connectivity index (χ4v) is 2.64. The summed E-state index contributed by atoms with van der Waals surface area (Å²) in [5, 5.41) is 2.67. The van der Waals surface area contributed by atoms with Gasteiger partial charge in [-0.1, -0.05) is 6.07 Å². The van der Waals surface area contributed by atoms with E-state index in [-0.39, 0.29) is 11.8 Å². The van der Waals surface area contributed by atoms with E-state index < -0.39 is 11.6 Å². The smallest absolute Gasteiger partial charge is 0.225 e. The SMILES string of the molecule is CNC(=O)[C@@H]1CN(C)CCN(Cc2ccc(F)cc2F)C1. The fraction of sp³-hybridized carbons (Fsp3) is 0.533. The quantitative estimate of drug-likeness (QED) is 0.907. The molecule has 1 aliphatic rings. The summed E-state index contributed by atoms with van der Waals surface area (Å²) in [4.78, 5) is 16.0. The van der Waals surface area contributed by atoms with Crippen LogP contribution in [0.1, 0.15) is 5.56 Å². The lowest BCUT2D eigenvalue weighted by Gasteiger charge is -2.23. The lowest BCUT2D eigenvalue weighted by atomic mass is 10.1. The van der Waals surface area contributed by atoms with Crippen LogP contribution in [0, 0.1) is 17.6 Å². The molecule has 2 rings (SSSR count). The van der Waals surface area contributed by atoms with Gasteiger partial charge in [0.2, 0.25) is 5.91 Å². The van der Waals surface area contributed by atoms with E-state index in [0.717, 1.165) is 19.2 Å². The Morgan fingerprint density at radius 1 is 1.33 bits per heavy atom. The van der Waals surface area contributed by atoms with Crippen LogP contribution in [0.3, 0.4) is 0 Å². The number of nitrogens with zero attached hydrogens (tertiary/aromatic N) is 2. The average molecular weight is 297 g/mol. The summed E-state index contributed by atoms with van der Waals surface area (Å²) in [6.07, 6.45) is 0. The molecule has 0 aromatic heterocycles. The number of hydrogen-bond acceptors (Lipinski definition) is 3. The van der Waals surface area contributed by atoms with Gasteiger partial charge in [-0.15, -0.1) is 0 Å². The van der Waals surface area contributed by atoms with Crippen LogP contribution in [0.2, 0.25) is 0 Å². The Hall–Kier alpha value is -1.53. The third-order valence-corrected chi connectivity index (χ3v) is 3.83. The van der Waals surface area contributed by atoms with Crippen molar-refractivity contribution in [2.75, 3.05) is 40.3 Å². The Morgan fingerprint density at radius 2 is 2.10 bits per heavy atom. The minimum atomic E-state index is -0.574. The first-order chi connectivity index (χ1) is 9.99. The van der Waals surface area contributed by atoms with Gasteiger partial charge >= 0.3 is 0 Å². The molecule has 1 amide bonds. The van der Waals surface area contributed by atoms with Gasteiger partial charge in [-0.25, -0.2) is 8.78 Å². The van der Waals surface area contributed by atoms with Crippen LogP contribution in [0.5, 0.6) is 0 Å². The molecular formula is C15H21F2N3O. The molecule has 0 saturated carbocycles. The van der Waals surface area contributed by atoms with Crippen LogP contribution >= 0.6 is 0 Å². The van der Waals surface area contributed by atoms with Crippen molar-refractivity contribution in [1.82, 2.24) is 15.1 Å². The minimum absolute atomic E-state index is 0.00618. The Morgan fingerprint density at radius 3 is 2.76 bits per heavy atom. The molecule has 4 nitrogen and oxygen atoms in total. The van der Waals surface area contributed by atoms with Crippen LogP contribution in [-0.4, -0.2) is 56.0 Å². The number of nitrogens with one attached hydrogen (secondary N) is 1. The van der Waals surface area contributed by atoms with Gasteiger partial charge in [0, 0.05) is 51.4 Å². The highest BCUT2D eigenvalue weighted by molar-refractivity contribution is 5.78. The van der Waals surface area contributed by atoms with E-state index >= 15 is 0 Å². The van der Waals surface area contributed by atoms with Crippen molar-refractivity contribution in [3.05, 3.63) is 35.4 Å². The molecule has 1 N–H and O–H groups in total. The standard InChI is InChI=1S/C15H21F2N3O/c1-18-15(21)12-8-19(2)5-6-20(10-12)9-11-3-4-13(16)7-14(11)17/h3-4,7,12H,5-6,8-10H2,1-2H3,(H,18,21)/t12-/m1/s1. The van der Waals surface area contributed by atoms with Crippen LogP contribution in [-0.2, 0) is 11.3 Å². The Kier molecular flexibility index (Phi) is 5.25. The third kappa shape index (κ3) is 4.22. The van der Waals surface area contributed by atoms with Crippen molar-refractivity contribution in [2.45, 2.75) is 6.54 Å². The molecule has 1 aromatic rings. The van der Waals surface area contributed by atoms with E-state index in [2.05, 4.69) is 10.2 Å². The zero-order chi connectivity index (χ0) is 15.4. The van der Waals surface area contributed by atoms with Gasteiger partial charge in [-0.3, -0.25) is 9.69 Å². The zero-order valence-electron chi connectivity index (χ0n) is 12.4. The molecule has 0 radical (unpaired) electrons. The topological polar surface area (TPSA) is 35.6 Å². The molecule has 0 aliphatic carbocycles. The van der Waals surface area contributed by atoms with Gasteiger partial charge in [0.15, 0.2) is 0 Å². The maximum atomic E-state index is 13.7. The number of rotatable bonds is 3. The monoisotopic (exact) mass is 297 g/mol. The summed E-state index contributed by atoms with van der Waals surface area (Å²) in [6, 6.07) is 3.63. The largest absolute Gasteiger partial charge is 0.359 e. The molecule has 1 heterocycles. The first-order valence-corrected chi connectivity index (χ1v) is 7.06. The highest BCUT2D eigenvalue weighted by Gasteiger charge is 2.26. The molecule has 1 fully saturated rings. The van der Waals surface area contributed by atoms with E-state index in [1.54, 1.807) is 7.05 Å². The van der Waals surface area contributed by atoms with Crippen molar-refractivity contribution in [3.63, 3.8) is 0 Å². The van der Waals surface area contributed by atoms with Crippen molar-refractivity contribution in [2.24, 2.45) is 5.92 Å². The highest BCUT2D eigenvalue weighted by Crippen LogP contribution is 2.15. The van der Waals surface area contributed by atoms with E-state index in [0.29, 0.717) is 25.2 Å². The maximum Gasteiger partial charge on any atom is 0.225 e. The maximum absolute atomic E-state index is 13.7. The molecule has 1 saturated heterocycles. The molecule has 0 spiro atoms.